The van der Waals surface area contributed by atoms with Gasteiger partial charge in [-0.3, -0.25) is 9.59 Å². The highest BCUT2D eigenvalue weighted by Crippen LogP contribution is 2.64. The molecule has 0 aromatic carbocycles. The predicted molar refractivity (Wildman–Crippen MR) is 52.4 cm³/mol. The summed E-state index contributed by atoms with van der Waals surface area (Å²) in [5.41, 5.74) is -1.44. The maximum Gasteiger partial charge on any atom is 0.321 e. The Morgan fingerprint density at radius 1 is 0.867 bits per heavy atom. The van der Waals surface area contributed by atoms with Crippen LogP contribution in [0.1, 0.15) is 38.5 Å². The second-order valence-corrected chi connectivity index (χ2v) is 4.68. The number of carboxylic acid groups (broad SMARTS) is 2. The van der Waals surface area contributed by atoms with Gasteiger partial charge in [0.25, 0.3) is 0 Å². The lowest BCUT2D eigenvalue weighted by Crippen LogP contribution is -2.29. The van der Waals surface area contributed by atoms with Gasteiger partial charge in [-0.2, -0.15) is 0 Å². The topological polar surface area (TPSA) is 74.6 Å². The SMILES string of the molecule is O=C(O)C1(C(=O)O)[C@@H]2CCCCCC[C@@H]21. The minimum atomic E-state index is -1.44. The van der Waals surface area contributed by atoms with E-state index >= 15 is 0 Å². The number of carbonyl (C=O) groups is 2. The van der Waals surface area contributed by atoms with E-state index in [1.807, 2.05) is 0 Å². The quantitative estimate of drug-likeness (QED) is 0.684. The normalized spacial score (nSPS) is 33.3. The van der Waals surface area contributed by atoms with Gasteiger partial charge in [-0.15, -0.1) is 0 Å². The van der Waals surface area contributed by atoms with Crippen LogP contribution in [0.2, 0.25) is 0 Å². The summed E-state index contributed by atoms with van der Waals surface area (Å²) in [5, 5.41) is 18.2. The van der Waals surface area contributed by atoms with Crippen molar-refractivity contribution in [3.63, 3.8) is 0 Å². The molecule has 0 aromatic heterocycles. The van der Waals surface area contributed by atoms with E-state index in [0.717, 1.165) is 38.5 Å². The zero-order valence-corrected chi connectivity index (χ0v) is 8.61. The molecule has 0 spiro atoms. The van der Waals surface area contributed by atoms with Gasteiger partial charge in [0.05, 0.1) is 0 Å². The largest absolute Gasteiger partial charge is 0.480 e. The second-order valence-electron chi connectivity index (χ2n) is 4.68. The van der Waals surface area contributed by atoms with Crippen LogP contribution in [0.3, 0.4) is 0 Å². The molecule has 2 fully saturated rings. The van der Waals surface area contributed by atoms with Crippen molar-refractivity contribution in [3.8, 4) is 0 Å². The number of hydrogen-bond acceptors (Lipinski definition) is 2. The van der Waals surface area contributed by atoms with E-state index in [4.69, 9.17) is 10.2 Å². The number of carboxylic acids is 2. The Kier molecular flexibility index (Phi) is 2.44. The van der Waals surface area contributed by atoms with Gasteiger partial charge in [0.15, 0.2) is 5.41 Å². The summed E-state index contributed by atoms with van der Waals surface area (Å²) in [7, 11) is 0. The molecule has 2 aliphatic rings. The highest BCUT2D eigenvalue weighted by molar-refractivity contribution is 6.02. The molecule has 0 radical (unpaired) electrons. The van der Waals surface area contributed by atoms with Crippen molar-refractivity contribution in [2.24, 2.45) is 17.3 Å². The van der Waals surface area contributed by atoms with Gasteiger partial charge in [0.1, 0.15) is 0 Å². The van der Waals surface area contributed by atoms with Crippen molar-refractivity contribution in [3.05, 3.63) is 0 Å². The summed E-state index contributed by atoms with van der Waals surface area (Å²) in [6.45, 7) is 0. The molecule has 0 aromatic rings. The van der Waals surface area contributed by atoms with E-state index < -0.39 is 17.4 Å². The van der Waals surface area contributed by atoms with Crippen molar-refractivity contribution in [1.29, 1.82) is 0 Å². The summed E-state index contributed by atoms with van der Waals surface area (Å²) < 4.78 is 0. The van der Waals surface area contributed by atoms with Crippen LogP contribution in [0.4, 0.5) is 0 Å². The first-order valence-electron chi connectivity index (χ1n) is 5.58. The Balaban J connectivity index is 2.21. The fraction of sp³-hybridized carbons (Fsp3) is 0.818. The van der Waals surface area contributed by atoms with E-state index in [-0.39, 0.29) is 11.8 Å². The van der Waals surface area contributed by atoms with E-state index in [1.165, 1.54) is 0 Å². The molecule has 0 heterocycles. The maximum atomic E-state index is 11.1. The molecule has 2 saturated carbocycles. The van der Waals surface area contributed by atoms with Crippen LogP contribution in [0.25, 0.3) is 0 Å². The van der Waals surface area contributed by atoms with E-state index in [9.17, 15) is 9.59 Å². The summed E-state index contributed by atoms with van der Waals surface area (Å²) >= 11 is 0. The number of rotatable bonds is 2. The van der Waals surface area contributed by atoms with Gasteiger partial charge in [-0.05, 0) is 24.7 Å². The summed E-state index contributed by atoms with van der Waals surface area (Å²) in [4.78, 5) is 22.3. The summed E-state index contributed by atoms with van der Waals surface area (Å²) in [6, 6.07) is 0. The molecule has 0 unspecified atom stereocenters. The molecule has 2 N–H and O–H groups in total. The van der Waals surface area contributed by atoms with Crippen LogP contribution in [0.5, 0.6) is 0 Å². The fourth-order valence-corrected chi connectivity index (χ4v) is 3.20. The van der Waals surface area contributed by atoms with Crippen LogP contribution in [-0.2, 0) is 9.59 Å². The third-order valence-electron chi connectivity index (χ3n) is 4.03. The first kappa shape index (κ1) is 10.5. The highest BCUT2D eigenvalue weighted by atomic mass is 16.4. The molecule has 4 heteroatoms. The smallest absolute Gasteiger partial charge is 0.321 e. The first-order valence-corrected chi connectivity index (χ1v) is 5.58. The van der Waals surface area contributed by atoms with Gasteiger partial charge < -0.3 is 10.2 Å². The van der Waals surface area contributed by atoms with Crippen molar-refractivity contribution in [1.82, 2.24) is 0 Å². The molecular weight excluding hydrogens is 196 g/mol. The monoisotopic (exact) mass is 212 g/mol. The van der Waals surface area contributed by atoms with Crippen LogP contribution in [-0.4, -0.2) is 22.2 Å². The average molecular weight is 212 g/mol. The van der Waals surface area contributed by atoms with Crippen LogP contribution < -0.4 is 0 Å². The van der Waals surface area contributed by atoms with Gasteiger partial charge in [0.2, 0.25) is 0 Å². The molecule has 2 atom stereocenters. The maximum absolute atomic E-state index is 11.1. The zero-order chi connectivity index (χ0) is 11.1. The lowest BCUT2D eigenvalue weighted by molar-refractivity contribution is -0.158. The van der Waals surface area contributed by atoms with Gasteiger partial charge in [-0.1, -0.05) is 25.7 Å². The molecule has 0 saturated heterocycles. The predicted octanol–water partition coefficient (Wildman–Crippen LogP) is 1.74. The standard InChI is InChI=1S/C11H16O4/c12-9(13)11(10(14)15)7-5-3-1-2-4-6-8(7)11/h7-8H,1-6H2,(H,12,13)(H,14,15)/t7-,8+. The van der Waals surface area contributed by atoms with Crippen molar-refractivity contribution >= 4 is 11.9 Å². The number of fused-ring (bicyclic) bond motifs is 1. The molecule has 84 valence electrons. The number of hydrogen-bond donors (Lipinski definition) is 2. The molecule has 4 nitrogen and oxygen atoms in total. The van der Waals surface area contributed by atoms with E-state index in [2.05, 4.69) is 0 Å². The molecule has 2 aliphatic carbocycles. The summed E-state index contributed by atoms with van der Waals surface area (Å²) in [6.07, 6.45) is 5.70. The lowest BCUT2D eigenvalue weighted by atomic mass is 10.0. The molecule has 2 rings (SSSR count). The molecule has 15 heavy (non-hydrogen) atoms. The number of aliphatic carboxylic acids is 2. The van der Waals surface area contributed by atoms with Gasteiger partial charge in [0, 0.05) is 0 Å². The molecule has 0 amide bonds. The van der Waals surface area contributed by atoms with Gasteiger partial charge in [-0.25, -0.2) is 0 Å². The molecule has 0 bridgehead atoms. The first-order chi connectivity index (χ1) is 7.11. The van der Waals surface area contributed by atoms with Crippen LogP contribution in [0, 0.1) is 17.3 Å². The molecular formula is C11H16O4. The minimum Gasteiger partial charge on any atom is -0.480 e. The third-order valence-corrected chi connectivity index (χ3v) is 4.03. The van der Waals surface area contributed by atoms with Crippen LogP contribution in [0.15, 0.2) is 0 Å². The Hall–Kier alpha value is -1.06. The zero-order valence-electron chi connectivity index (χ0n) is 8.61. The Labute approximate surface area is 88.3 Å². The van der Waals surface area contributed by atoms with Gasteiger partial charge >= 0.3 is 11.9 Å². The highest BCUT2D eigenvalue weighted by Gasteiger charge is 2.74. The Morgan fingerprint density at radius 2 is 1.27 bits per heavy atom. The van der Waals surface area contributed by atoms with Crippen LogP contribution >= 0.6 is 0 Å². The fourth-order valence-electron chi connectivity index (χ4n) is 3.20. The summed E-state index contributed by atoms with van der Waals surface area (Å²) in [5.74, 6) is -2.50. The molecule has 0 aliphatic heterocycles. The Bertz CT molecular complexity index is 267. The third kappa shape index (κ3) is 1.34. The minimum absolute atomic E-state index is 0.118. The average Bonchev–Trinajstić information content (AvgIpc) is 2.72. The van der Waals surface area contributed by atoms with Crippen molar-refractivity contribution < 1.29 is 19.8 Å². The van der Waals surface area contributed by atoms with E-state index in [0.29, 0.717) is 0 Å². The second kappa shape index (κ2) is 3.51. The lowest BCUT2D eigenvalue weighted by Gasteiger charge is -2.05. The van der Waals surface area contributed by atoms with Crippen molar-refractivity contribution in [2.45, 2.75) is 38.5 Å². The van der Waals surface area contributed by atoms with Crippen molar-refractivity contribution in [2.75, 3.05) is 0 Å². The van der Waals surface area contributed by atoms with E-state index in [1.54, 1.807) is 0 Å². The Morgan fingerprint density at radius 3 is 1.60 bits per heavy atom.